The van der Waals surface area contributed by atoms with Gasteiger partial charge in [-0.15, -0.1) is 0 Å². The van der Waals surface area contributed by atoms with Crippen LogP contribution < -0.4 is 5.32 Å². The van der Waals surface area contributed by atoms with E-state index >= 15 is 0 Å². The summed E-state index contributed by atoms with van der Waals surface area (Å²) in [5.74, 6) is -0.679. The molecular formula is C20H23N5O3. The second kappa shape index (κ2) is 8.51. The maximum Gasteiger partial charge on any atom is 0.339 e. The summed E-state index contributed by atoms with van der Waals surface area (Å²) in [6.07, 6.45) is 4.52. The van der Waals surface area contributed by atoms with E-state index in [1.165, 1.54) is 13.4 Å². The van der Waals surface area contributed by atoms with Crippen LogP contribution in [0, 0.1) is 6.92 Å². The molecular weight excluding hydrogens is 358 g/mol. The van der Waals surface area contributed by atoms with Gasteiger partial charge in [0.05, 0.1) is 18.4 Å². The zero-order valence-electron chi connectivity index (χ0n) is 16.2. The van der Waals surface area contributed by atoms with Crippen molar-refractivity contribution in [2.75, 3.05) is 7.11 Å². The zero-order chi connectivity index (χ0) is 20.1. The second-order valence-corrected chi connectivity index (χ2v) is 6.41. The molecule has 8 nitrogen and oxygen atoms in total. The van der Waals surface area contributed by atoms with E-state index < -0.39 is 5.97 Å². The molecule has 0 atom stereocenters. The van der Waals surface area contributed by atoms with Gasteiger partial charge >= 0.3 is 5.97 Å². The first-order valence-corrected chi connectivity index (χ1v) is 9.07. The fourth-order valence-electron chi connectivity index (χ4n) is 3.13. The lowest BCUT2D eigenvalue weighted by Crippen LogP contribution is -2.24. The topological polar surface area (TPSA) is 102 Å². The molecule has 8 heteroatoms. The molecule has 2 aromatic heterocycles. The van der Waals surface area contributed by atoms with Crippen molar-refractivity contribution in [3.05, 3.63) is 65.0 Å². The number of benzene rings is 1. The maximum absolute atomic E-state index is 12.7. The number of hydrogen-bond donors (Lipinski definition) is 2. The fraction of sp³-hybridized carbons (Fsp3) is 0.300. The standard InChI is InChI=1S/C20H23N5O3/c1-4-5-16-17(20(27)28-3)13(2)24-18(16)19(26)22-10-14-6-8-15(9-7-14)25-12-21-11-23-25/h6-9,11-12,24H,4-5,10H2,1-3H3,(H,22,26). The summed E-state index contributed by atoms with van der Waals surface area (Å²) >= 11 is 0. The van der Waals surface area contributed by atoms with Crippen LogP contribution in [-0.2, 0) is 17.7 Å². The lowest BCUT2D eigenvalue weighted by Gasteiger charge is -2.08. The van der Waals surface area contributed by atoms with Gasteiger partial charge < -0.3 is 15.0 Å². The molecule has 0 radical (unpaired) electrons. The van der Waals surface area contributed by atoms with Crippen molar-refractivity contribution in [1.82, 2.24) is 25.1 Å². The van der Waals surface area contributed by atoms with Crippen LogP contribution in [0.25, 0.3) is 5.69 Å². The lowest BCUT2D eigenvalue weighted by atomic mass is 10.0. The number of carbonyl (C=O) groups excluding carboxylic acids is 2. The predicted molar refractivity (Wildman–Crippen MR) is 103 cm³/mol. The first kappa shape index (κ1) is 19.3. The van der Waals surface area contributed by atoms with Gasteiger partial charge in [0.2, 0.25) is 0 Å². The molecule has 0 unspecified atom stereocenters. The Bertz CT molecular complexity index is 959. The number of amides is 1. The predicted octanol–water partition coefficient (Wildman–Crippen LogP) is 2.57. The van der Waals surface area contributed by atoms with E-state index in [1.54, 1.807) is 17.9 Å². The highest BCUT2D eigenvalue weighted by Gasteiger charge is 2.24. The van der Waals surface area contributed by atoms with Gasteiger partial charge in [-0.05, 0) is 36.6 Å². The number of carbonyl (C=O) groups is 2. The Morgan fingerprint density at radius 1 is 1.25 bits per heavy atom. The van der Waals surface area contributed by atoms with Crippen molar-refractivity contribution >= 4 is 11.9 Å². The number of ether oxygens (including phenoxy) is 1. The molecule has 1 aromatic carbocycles. The van der Waals surface area contributed by atoms with Gasteiger partial charge in [0.15, 0.2) is 0 Å². The number of esters is 1. The third-order valence-corrected chi connectivity index (χ3v) is 4.48. The van der Waals surface area contributed by atoms with Crippen LogP contribution in [0.1, 0.15) is 51.0 Å². The summed E-state index contributed by atoms with van der Waals surface area (Å²) in [7, 11) is 1.34. The number of aromatic amines is 1. The maximum atomic E-state index is 12.7. The first-order chi connectivity index (χ1) is 13.5. The van der Waals surface area contributed by atoms with Crippen LogP contribution in [0.15, 0.2) is 36.9 Å². The molecule has 2 N–H and O–H groups in total. The van der Waals surface area contributed by atoms with Gasteiger partial charge in [0.25, 0.3) is 5.91 Å². The molecule has 3 aromatic rings. The summed E-state index contributed by atoms with van der Waals surface area (Å²) in [6.45, 7) is 4.14. The molecule has 1 amide bonds. The highest BCUT2D eigenvalue weighted by atomic mass is 16.5. The summed E-state index contributed by atoms with van der Waals surface area (Å²) in [5, 5.41) is 6.99. The van der Waals surface area contributed by atoms with Gasteiger partial charge in [-0.25, -0.2) is 14.5 Å². The number of H-pyrrole nitrogens is 1. The summed E-state index contributed by atoms with van der Waals surface area (Å²) in [5.41, 5.74) is 4.04. The van der Waals surface area contributed by atoms with Crippen molar-refractivity contribution < 1.29 is 14.3 Å². The number of hydrogen-bond acceptors (Lipinski definition) is 5. The van der Waals surface area contributed by atoms with E-state index in [2.05, 4.69) is 20.4 Å². The number of aromatic nitrogens is 4. The van der Waals surface area contributed by atoms with Crippen LogP contribution in [0.5, 0.6) is 0 Å². The summed E-state index contributed by atoms with van der Waals surface area (Å²) < 4.78 is 6.53. The highest BCUT2D eigenvalue weighted by molar-refractivity contribution is 6.00. The third-order valence-electron chi connectivity index (χ3n) is 4.48. The van der Waals surface area contributed by atoms with Crippen LogP contribution in [-0.4, -0.2) is 38.7 Å². The molecule has 3 rings (SSSR count). The average molecular weight is 381 g/mol. The Morgan fingerprint density at radius 3 is 2.61 bits per heavy atom. The third kappa shape index (κ3) is 3.95. The Kier molecular flexibility index (Phi) is 5.88. The van der Waals surface area contributed by atoms with Crippen LogP contribution in [0.2, 0.25) is 0 Å². The molecule has 28 heavy (non-hydrogen) atoms. The van der Waals surface area contributed by atoms with Crippen molar-refractivity contribution in [3.63, 3.8) is 0 Å². The molecule has 0 aliphatic heterocycles. The SMILES string of the molecule is CCCc1c(C(=O)NCc2ccc(-n3cncn3)cc2)[nH]c(C)c1C(=O)OC. The Labute approximate surface area is 162 Å². The minimum absolute atomic E-state index is 0.248. The first-order valence-electron chi connectivity index (χ1n) is 9.07. The molecule has 0 aliphatic rings. The minimum atomic E-state index is -0.431. The van der Waals surface area contributed by atoms with E-state index in [0.29, 0.717) is 35.5 Å². The Hall–Kier alpha value is -3.42. The van der Waals surface area contributed by atoms with E-state index in [9.17, 15) is 9.59 Å². The molecule has 0 bridgehead atoms. The Morgan fingerprint density at radius 2 is 2.00 bits per heavy atom. The van der Waals surface area contributed by atoms with Gasteiger partial charge in [-0.2, -0.15) is 5.10 Å². The van der Waals surface area contributed by atoms with Crippen molar-refractivity contribution in [3.8, 4) is 5.69 Å². The number of rotatable bonds is 7. The largest absolute Gasteiger partial charge is 0.465 e. The van der Waals surface area contributed by atoms with Crippen molar-refractivity contribution in [2.45, 2.75) is 33.2 Å². The lowest BCUT2D eigenvalue weighted by molar-refractivity contribution is 0.0599. The van der Waals surface area contributed by atoms with Gasteiger partial charge in [0, 0.05) is 12.2 Å². The monoisotopic (exact) mass is 381 g/mol. The van der Waals surface area contributed by atoms with E-state index in [1.807, 2.05) is 31.2 Å². The van der Waals surface area contributed by atoms with E-state index in [0.717, 1.165) is 17.7 Å². The van der Waals surface area contributed by atoms with Gasteiger partial charge in [-0.1, -0.05) is 25.5 Å². The summed E-state index contributed by atoms with van der Waals surface area (Å²) in [6, 6.07) is 7.66. The molecule has 146 valence electrons. The van der Waals surface area contributed by atoms with Gasteiger partial charge in [-0.3, -0.25) is 4.79 Å². The molecule has 0 saturated heterocycles. The Balaban J connectivity index is 1.73. The van der Waals surface area contributed by atoms with E-state index in [4.69, 9.17) is 4.74 Å². The van der Waals surface area contributed by atoms with Crippen LogP contribution >= 0.6 is 0 Å². The van der Waals surface area contributed by atoms with Crippen LogP contribution in [0.3, 0.4) is 0 Å². The van der Waals surface area contributed by atoms with Crippen molar-refractivity contribution in [2.24, 2.45) is 0 Å². The number of methoxy groups -OCH3 is 1. The molecule has 0 saturated carbocycles. The number of aryl methyl sites for hydroxylation is 1. The number of nitrogens with one attached hydrogen (secondary N) is 2. The van der Waals surface area contributed by atoms with Crippen LogP contribution in [0.4, 0.5) is 0 Å². The molecule has 0 spiro atoms. The minimum Gasteiger partial charge on any atom is -0.465 e. The van der Waals surface area contributed by atoms with Crippen molar-refractivity contribution in [1.29, 1.82) is 0 Å². The normalized spacial score (nSPS) is 10.7. The smallest absolute Gasteiger partial charge is 0.339 e. The summed E-state index contributed by atoms with van der Waals surface area (Å²) in [4.78, 5) is 31.8. The second-order valence-electron chi connectivity index (χ2n) is 6.41. The average Bonchev–Trinajstić information content (AvgIpc) is 3.35. The quantitative estimate of drug-likeness (QED) is 0.613. The molecule has 0 fully saturated rings. The van der Waals surface area contributed by atoms with Gasteiger partial charge in [0.1, 0.15) is 18.3 Å². The zero-order valence-corrected chi connectivity index (χ0v) is 16.2. The highest BCUT2D eigenvalue weighted by Crippen LogP contribution is 2.22. The fourth-order valence-corrected chi connectivity index (χ4v) is 3.13. The number of nitrogens with zero attached hydrogens (tertiary/aromatic N) is 3. The molecule has 2 heterocycles. The van der Waals surface area contributed by atoms with E-state index in [-0.39, 0.29) is 5.91 Å². The molecule has 0 aliphatic carbocycles.